The Balaban J connectivity index is 0.00000341. The zero-order chi connectivity index (χ0) is 21.7. The second kappa shape index (κ2) is 11.9. The molecule has 5 nitrogen and oxygen atoms in total. The van der Waals surface area contributed by atoms with Crippen molar-refractivity contribution in [1.82, 2.24) is 9.88 Å². The Bertz CT molecular complexity index is 1020. The van der Waals surface area contributed by atoms with Crippen LogP contribution in [0.1, 0.15) is 6.42 Å². The molecule has 2 aromatic carbocycles. The van der Waals surface area contributed by atoms with Crippen molar-refractivity contribution in [3.05, 3.63) is 47.2 Å². The maximum Gasteiger partial charge on any atom is 0.229 e. The molecule has 1 aromatic heterocycles. The molecule has 0 N–H and O–H groups in total. The summed E-state index contributed by atoms with van der Waals surface area (Å²) in [5.74, 6) is 0.942. The Morgan fingerprint density at radius 3 is 2.55 bits per heavy atom. The van der Waals surface area contributed by atoms with Gasteiger partial charge in [0.25, 0.3) is 0 Å². The van der Waals surface area contributed by atoms with E-state index in [-0.39, 0.29) is 24.1 Å². The average Bonchev–Trinajstić information content (AvgIpc) is 3.16. The SMILES string of the molecule is COc1ccc(Cl)c2sc(N(CCN(C)C)C(=O)CCSc3ccc(F)cc3)nc12.Cl. The normalized spacial score (nSPS) is 10.9. The van der Waals surface area contributed by atoms with Crippen molar-refractivity contribution in [3.63, 3.8) is 0 Å². The Morgan fingerprint density at radius 1 is 1.19 bits per heavy atom. The highest BCUT2D eigenvalue weighted by Gasteiger charge is 2.22. The molecule has 3 aromatic rings. The number of amides is 1. The number of hydrogen-bond acceptors (Lipinski definition) is 6. The van der Waals surface area contributed by atoms with Crippen molar-refractivity contribution in [3.8, 4) is 5.75 Å². The van der Waals surface area contributed by atoms with Gasteiger partial charge < -0.3 is 9.64 Å². The first-order chi connectivity index (χ1) is 14.4. The van der Waals surface area contributed by atoms with Gasteiger partial charge in [-0.3, -0.25) is 9.69 Å². The average molecular weight is 504 g/mol. The number of thiazole rings is 1. The number of hydrogen-bond donors (Lipinski definition) is 0. The first kappa shape index (κ1) is 25.7. The summed E-state index contributed by atoms with van der Waals surface area (Å²) < 4.78 is 19.3. The summed E-state index contributed by atoms with van der Waals surface area (Å²) in [6.45, 7) is 1.23. The van der Waals surface area contributed by atoms with E-state index in [9.17, 15) is 9.18 Å². The number of aromatic nitrogens is 1. The van der Waals surface area contributed by atoms with Gasteiger partial charge in [0.1, 0.15) is 17.1 Å². The molecule has 0 saturated heterocycles. The highest BCUT2D eigenvalue weighted by Crippen LogP contribution is 2.38. The quantitative estimate of drug-likeness (QED) is 0.355. The number of rotatable bonds is 9. The molecule has 10 heteroatoms. The van der Waals surface area contributed by atoms with Crippen molar-refractivity contribution < 1.29 is 13.9 Å². The third-order valence-electron chi connectivity index (χ3n) is 4.37. The third-order valence-corrected chi connectivity index (χ3v) is 6.92. The van der Waals surface area contributed by atoms with Crippen LogP contribution in [-0.2, 0) is 4.79 Å². The van der Waals surface area contributed by atoms with Crippen molar-refractivity contribution in [2.75, 3.05) is 44.9 Å². The monoisotopic (exact) mass is 503 g/mol. The predicted molar refractivity (Wildman–Crippen MR) is 131 cm³/mol. The van der Waals surface area contributed by atoms with E-state index in [0.717, 1.165) is 9.60 Å². The number of carbonyl (C=O) groups is 1. The van der Waals surface area contributed by atoms with Crippen molar-refractivity contribution in [2.45, 2.75) is 11.3 Å². The van der Waals surface area contributed by atoms with Gasteiger partial charge in [0.15, 0.2) is 5.13 Å². The molecular weight excluding hydrogens is 480 g/mol. The molecule has 0 radical (unpaired) electrons. The van der Waals surface area contributed by atoms with Crippen LogP contribution in [0.2, 0.25) is 5.02 Å². The summed E-state index contributed by atoms with van der Waals surface area (Å²) in [5, 5.41) is 1.19. The number of methoxy groups -OCH3 is 1. The van der Waals surface area contributed by atoms with Crippen LogP contribution in [0.5, 0.6) is 5.75 Å². The van der Waals surface area contributed by atoms with Crippen molar-refractivity contribution in [2.24, 2.45) is 0 Å². The molecular formula is C21H24Cl2FN3O2S2. The topological polar surface area (TPSA) is 45.7 Å². The number of nitrogens with zero attached hydrogens (tertiary/aromatic N) is 3. The third kappa shape index (κ3) is 6.70. The summed E-state index contributed by atoms with van der Waals surface area (Å²) in [6.07, 6.45) is 0.344. The minimum atomic E-state index is -0.268. The minimum Gasteiger partial charge on any atom is -0.494 e. The molecule has 168 valence electrons. The largest absolute Gasteiger partial charge is 0.494 e. The van der Waals surface area contributed by atoms with E-state index < -0.39 is 0 Å². The fourth-order valence-electron chi connectivity index (χ4n) is 2.77. The number of carbonyl (C=O) groups excluding carboxylic acids is 1. The lowest BCUT2D eigenvalue weighted by molar-refractivity contribution is -0.118. The van der Waals surface area contributed by atoms with Gasteiger partial charge in [-0.25, -0.2) is 9.37 Å². The van der Waals surface area contributed by atoms with Crippen LogP contribution in [0, 0.1) is 5.82 Å². The van der Waals surface area contributed by atoms with Gasteiger partial charge in [-0.2, -0.15) is 0 Å². The lowest BCUT2D eigenvalue weighted by Crippen LogP contribution is -2.36. The van der Waals surface area contributed by atoms with E-state index in [1.54, 1.807) is 36.3 Å². The van der Waals surface area contributed by atoms with Gasteiger partial charge >= 0.3 is 0 Å². The molecule has 31 heavy (non-hydrogen) atoms. The maximum atomic E-state index is 13.1. The second-order valence-corrected chi connectivity index (χ2v) is 9.38. The number of halogens is 3. The summed E-state index contributed by atoms with van der Waals surface area (Å²) >= 11 is 9.26. The minimum absolute atomic E-state index is 0. The predicted octanol–water partition coefficient (Wildman–Crippen LogP) is 5.60. The Hall–Kier alpha value is -1.58. The molecule has 0 spiro atoms. The standard InChI is InChI=1S/C21H23ClFN3O2S2.ClH/c1-25(2)11-12-26(18(27)10-13-29-15-6-4-14(23)5-7-15)21-24-19-17(28-3)9-8-16(22)20(19)30-21;/h4-9H,10-13H2,1-3H3;1H. The molecule has 0 unspecified atom stereocenters. The highest BCUT2D eigenvalue weighted by atomic mass is 35.5. The van der Waals surface area contributed by atoms with E-state index >= 15 is 0 Å². The van der Waals surface area contributed by atoms with Crippen LogP contribution in [-0.4, -0.2) is 55.8 Å². The zero-order valence-corrected chi connectivity index (χ0v) is 20.6. The van der Waals surface area contributed by atoms with E-state index in [0.29, 0.717) is 46.7 Å². The molecule has 1 amide bonds. The van der Waals surface area contributed by atoms with Gasteiger partial charge in [0.2, 0.25) is 5.91 Å². The van der Waals surface area contributed by atoms with Crippen LogP contribution >= 0.6 is 47.1 Å². The molecule has 0 fully saturated rings. The molecule has 1 heterocycles. The van der Waals surface area contributed by atoms with E-state index in [1.807, 2.05) is 19.0 Å². The molecule has 0 saturated carbocycles. The summed E-state index contributed by atoms with van der Waals surface area (Å²) in [6, 6.07) is 9.83. The van der Waals surface area contributed by atoms with Crippen molar-refractivity contribution >= 4 is 68.4 Å². The molecule has 0 aliphatic carbocycles. The molecule has 0 aliphatic rings. The molecule has 3 rings (SSSR count). The highest BCUT2D eigenvalue weighted by molar-refractivity contribution is 7.99. The first-order valence-electron chi connectivity index (χ1n) is 9.35. The van der Waals surface area contributed by atoms with Crippen LogP contribution in [0.4, 0.5) is 9.52 Å². The summed E-state index contributed by atoms with van der Waals surface area (Å²) in [4.78, 5) is 22.4. The van der Waals surface area contributed by atoms with Gasteiger partial charge in [-0.15, -0.1) is 24.2 Å². The van der Waals surface area contributed by atoms with Crippen LogP contribution < -0.4 is 9.64 Å². The van der Waals surface area contributed by atoms with E-state index in [4.69, 9.17) is 16.3 Å². The number of benzene rings is 2. The number of anilines is 1. The lowest BCUT2D eigenvalue weighted by atomic mass is 10.3. The van der Waals surface area contributed by atoms with Gasteiger partial charge in [0, 0.05) is 30.2 Å². The molecule has 0 atom stereocenters. The molecule has 0 bridgehead atoms. The smallest absolute Gasteiger partial charge is 0.229 e. The second-order valence-electron chi connectivity index (χ2n) is 6.82. The lowest BCUT2D eigenvalue weighted by Gasteiger charge is -2.22. The fourth-order valence-corrected chi connectivity index (χ4v) is 4.91. The van der Waals surface area contributed by atoms with Crippen LogP contribution in [0.25, 0.3) is 10.2 Å². The Labute approximate surface area is 200 Å². The van der Waals surface area contributed by atoms with E-state index in [1.165, 1.54) is 35.2 Å². The van der Waals surface area contributed by atoms with Crippen LogP contribution in [0.3, 0.4) is 0 Å². The zero-order valence-electron chi connectivity index (χ0n) is 17.4. The number of likely N-dealkylation sites (N-methyl/N-ethyl adjacent to an activating group) is 1. The number of fused-ring (bicyclic) bond motifs is 1. The summed E-state index contributed by atoms with van der Waals surface area (Å²) in [5.41, 5.74) is 0.661. The maximum absolute atomic E-state index is 13.1. The van der Waals surface area contributed by atoms with E-state index in [2.05, 4.69) is 4.98 Å². The van der Waals surface area contributed by atoms with Gasteiger partial charge in [-0.1, -0.05) is 22.9 Å². The van der Waals surface area contributed by atoms with Crippen LogP contribution in [0.15, 0.2) is 41.3 Å². The van der Waals surface area contributed by atoms with Crippen molar-refractivity contribution in [1.29, 1.82) is 0 Å². The fraction of sp³-hybridized carbons (Fsp3) is 0.333. The first-order valence-corrected chi connectivity index (χ1v) is 11.5. The Morgan fingerprint density at radius 2 is 1.90 bits per heavy atom. The molecule has 0 aliphatic heterocycles. The van der Waals surface area contributed by atoms with Gasteiger partial charge in [-0.05, 0) is 50.5 Å². The van der Waals surface area contributed by atoms with Gasteiger partial charge in [0.05, 0.1) is 16.8 Å². The number of thioether (sulfide) groups is 1. The number of ether oxygens (including phenoxy) is 1. The Kier molecular flexibility index (Phi) is 9.84. The summed E-state index contributed by atoms with van der Waals surface area (Å²) in [7, 11) is 5.51.